The molecule has 0 spiro atoms. The van der Waals surface area contributed by atoms with Gasteiger partial charge in [-0.15, -0.1) is 0 Å². The zero-order valence-corrected chi connectivity index (χ0v) is 21.8. The molecule has 0 aliphatic carbocycles. The zero-order chi connectivity index (χ0) is 24.1. The van der Waals surface area contributed by atoms with Crippen LogP contribution >= 0.6 is 31.9 Å². The fraction of sp³-hybridized carbons (Fsp3) is 0.111. The van der Waals surface area contributed by atoms with Gasteiger partial charge in [0.2, 0.25) is 0 Å². The molecule has 5 nitrogen and oxygen atoms in total. The molecule has 0 atom stereocenters. The highest BCUT2D eigenvalue weighted by Gasteiger charge is 2.13. The average molecular weight is 582 g/mol. The maximum Gasteiger partial charge on any atom is 0.275 e. The Morgan fingerprint density at radius 3 is 2.35 bits per heavy atom. The van der Waals surface area contributed by atoms with Gasteiger partial charge in [0.05, 0.1) is 27.8 Å². The minimum Gasteiger partial charge on any atom is -0.496 e. The molecule has 0 saturated heterocycles. The van der Waals surface area contributed by atoms with Crippen LogP contribution in [0.25, 0.3) is 10.8 Å². The van der Waals surface area contributed by atoms with Crippen LogP contribution in [0.3, 0.4) is 0 Å². The number of methoxy groups -OCH3 is 1. The number of halogens is 2. The molecule has 4 aromatic carbocycles. The first kappa shape index (κ1) is 24.0. The zero-order valence-electron chi connectivity index (χ0n) is 18.6. The highest BCUT2D eigenvalue weighted by atomic mass is 79.9. The number of rotatable bonds is 7. The largest absolute Gasteiger partial charge is 0.496 e. The second-order valence-corrected chi connectivity index (χ2v) is 9.40. The number of nitrogens with zero attached hydrogens (tertiary/aromatic N) is 1. The van der Waals surface area contributed by atoms with Gasteiger partial charge in [0, 0.05) is 0 Å². The number of hydrogen-bond acceptors (Lipinski definition) is 4. The Hall–Kier alpha value is -3.16. The molecule has 0 aromatic heterocycles. The molecule has 0 aliphatic heterocycles. The Balaban J connectivity index is 1.45. The van der Waals surface area contributed by atoms with E-state index in [0.29, 0.717) is 23.7 Å². The van der Waals surface area contributed by atoms with Gasteiger partial charge in [-0.05, 0) is 84.9 Å². The quantitative estimate of drug-likeness (QED) is 0.188. The van der Waals surface area contributed by atoms with E-state index < -0.39 is 0 Å². The summed E-state index contributed by atoms with van der Waals surface area (Å²) in [6.07, 6.45) is 1.57. The summed E-state index contributed by atoms with van der Waals surface area (Å²) >= 11 is 7.13. The lowest BCUT2D eigenvalue weighted by molar-refractivity contribution is 0.0952. The Morgan fingerprint density at radius 2 is 1.68 bits per heavy atom. The Bertz CT molecular complexity index is 1360. The van der Waals surface area contributed by atoms with Gasteiger partial charge in [-0.1, -0.05) is 54.1 Å². The first-order chi connectivity index (χ1) is 16.4. The van der Waals surface area contributed by atoms with E-state index in [1.54, 1.807) is 19.4 Å². The predicted molar refractivity (Wildman–Crippen MR) is 143 cm³/mol. The number of fused-ring (bicyclic) bond motifs is 1. The van der Waals surface area contributed by atoms with Crippen LogP contribution in [-0.2, 0) is 6.61 Å². The van der Waals surface area contributed by atoms with Gasteiger partial charge in [0.25, 0.3) is 5.91 Å². The summed E-state index contributed by atoms with van der Waals surface area (Å²) in [7, 11) is 1.54. The molecular formula is C27H22Br2N2O3. The first-order valence-electron chi connectivity index (χ1n) is 10.5. The summed E-state index contributed by atoms with van der Waals surface area (Å²) in [5.41, 5.74) is 6.07. The number of ether oxygens (including phenoxy) is 2. The SMILES string of the molecule is COc1cc2ccccc2cc1C(=O)N/N=C\c1cc(Br)c(OCc2cccc(C)c2)c(Br)c1. The van der Waals surface area contributed by atoms with Gasteiger partial charge in [0.1, 0.15) is 18.1 Å². The molecule has 4 rings (SSSR count). The Kier molecular flexibility index (Phi) is 7.65. The van der Waals surface area contributed by atoms with Crippen molar-refractivity contribution in [1.82, 2.24) is 5.43 Å². The molecule has 0 heterocycles. The van der Waals surface area contributed by atoms with Crippen molar-refractivity contribution in [3.63, 3.8) is 0 Å². The number of carbonyl (C=O) groups excluding carboxylic acids is 1. The smallest absolute Gasteiger partial charge is 0.275 e. The van der Waals surface area contributed by atoms with Crippen molar-refractivity contribution in [2.75, 3.05) is 7.11 Å². The lowest BCUT2D eigenvalue weighted by Crippen LogP contribution is -2.18. The number of carbonyl (C=O) groups is 1. The normalized spacial score (nSPS) is 11.1. The maximum atomic E-state index is 12.7. The molecule has 1 amide bonds. The van der Waals surface area contributed by atoms with E-state index in [-0.39, 0.29) is 5.91 Å². The van der Waals surface area contributed by atoms with Crippen molar-refractivity contribution >= 4 is 54.8 Å². The number of aryl methyl sites for hydroxylation is 1. The molecule has 34 heavy (non-hydrogen) atoms. The average Bonchev–Trinajstić information content (AvgIpc) is 2.82. The van der Waals surface area contributed by atoms with Crippen LogP contribution in [0.2, 0.25) is 0 Å². The van der Waals surface area contributed by atoms with E-state index in [2.05, 4.69) is 61.4 Å². The van der Waals surface area contributed by atoms with Crippen molar-refractivity contribution in [2.45, 2.75) is 13.5 Å². The van der Waals surface area contributed by atoms with Crippen LogP contribution in [-0.4, -0.2) is 19.2 Å². The summed E-state index contributed by atoms with van der Waals surface area (Å²) < 4.78 is 13.0. The molecule has 1 N–H and O–H groups in total. The molecule has 4 aromatic rings. The van der Waals surface area contributed by atoms with E-state index in [1.165, 1.54) is 5.56 Å². The number of hydrogen-bond donors (Lipinski definition) is 1. The van der Waals surface area contributed by atoms with E-state index in [9.17, 15) is 4.79 Å². The summed E-state index contributed by atoms with van der Waals surface area (Å²) in [4.78, 5) is 12.7. The predicted octanol–water partition coefficient (Wildman–Crippen LogP) is 7.02. The summed E-state index contributed by atoms with van der Waals surface area (Å²) in [5.74, 6) is 0.839. The lowest BCUT2D eigenvalue weighted by atomic mass is 10.1. The summed E-state index contributed by atoms with van der Waals surface area (Å²) in [5, 5.41) is 6.08. The van der Waals surface area contributed by atoms with Gasteiger partial charge in [-0.25, -0.2) is 5.43 Å². The van der Waals surface area contributed by atoms with Crippen LogP contribution in [0.5, 0.6) is 11.5 Å². The lowest BCUT2D eigenvalue weighted by Gasteiger charge is -2.12. The third kappa shape index (κ3) is 5.66. The third-order valence-electron chi connectivity index (χ3n) is 5.18. The highest BCUT2D eigenvalue weighted by Crippen LogP contribution is 2.35. The van der Waals surface area contributed by atoms with Crippen molar-refractivity contribution in [3.8, 4) is 11.5 Å². The van der Waals surface area contributed by atoms with Gasteiger partial charge in [0.15, 0.2) is 0 Å². The number of nitrogens with one attached hydrogen (secondary N) is 1. The number of benzene rings is 4. The summed E-state index contributed by atoms with van der Waals surface area (Å²) in [6, 6.07) is 23.4. The summed E-state index contributed by atoms with van der Waals surface area (Å²) in [6.45, 7) is 2.51. The van der Waals surface area contributed by atoms with Crippen LogP contribution in [0.4, 0.5) is 0 Å². The number of amides is 1. The molecule has 0 bridgehead atoms. The van der Waals surface area contributed by atoms with Crippen LogP contribution in [0.1, 0.15) is 27.0 Å². The number of hydrazone groups is 1. The fourth-order valence-electron chi connectivity index (χ4n) is 3.54. The molecular weight excluding hydrogens is 560 g/mol. The van der Waals surface area contributed by atoms with Crippen molar-refractivity contribution in [2.24, 2.45) is 5.10 Å². The van der Waals surface area contributed by atoms with Crippen molar-refractivity contribution in [1.29, 1.82) is 0 Å². The van der Waals surface area contributed by atoms with Crippen molar-refractivity contribution in [3.05, 3.63) is 104 Å². The maximum absolute atomic E-state index is 12.7. The highest BCUT2D eigenvalue weighted by molar-refractivity contribution is 9.11. The minimum absolute atomic E-state index is 0.352. The molecule has 7 heteroatoms. The Labute approximate surface area is 215 Å². The van der Waals surface area contributed by atoms with Crippen LogP contribution < -0.4 is 14.9 Å². The first-order valence-corrected chi connectivity index (χ1v) is 12.1. The second-order valence-electron chi connectivity index (χ2n) is 7.69. The van der Waals surface area contributed by atoms with Crippen molar-refractivity contribution < 1.29 is 14.3 Å². The molecule has 0 aliphatic rings. The van der Waals surface area contributed by atoms with E-state index in [0.717, 1.165) is 30.8 Å². The third-order valence-corrected chi connectivity index (χ3v) is 6.36. The monoisotopic (exact) mass is 580 g/mol. The van der Waals surface area contributed by atoms with Crippen LogP contribution in [0.15, 0.2) is 86.8 Å². The standard InChI is InChI=1S/C27H22Br2N2O3/c1-17-6-5-7-18(10-17)16-34-26-23(28)11-19(12-24(26)29)15-30-31-27(32)22-13-20-8-3-4-9-21(20)14-25(22)33-2/h3-15H,16H2,1-2H3,(H,31,32)/b30-15-. The van der Waals surface area contributed by atoms with E-state index >= 15 is 0 Å². The van der Waals surface area contributed by atoms with Crippen LogP contribution in [0, 0.1) is 6.92 Å². The minimum atomic E-state index is -0.352. The van der Waals surface area contributed by atoms with Gasteiger partial charge >= 0.3 is 0 Å². The Morgan fingerprint density at radius 1 is 0.971 bits per heavy atom. The molecule has 0 fully saturated rings. The fourth-order valence-corrected chi connectivity index (χ4v) is 4.99. The molecule has 0 unspecified atom stereocenters. The molecule has 0 radical (unpaired) electrons. The second kappa shape index (κ2) is 10.8. The van der Waals surface area contributed by atoms with Gasteiger partial charge < -0.3 is 9.47 Å². The van der Waals surface area contributed by atoms with Gasteiger partial charge in [-0.3, -0.25) is 4.79 Å². The van der Waals surface area contributed by atoms with E-state index in [1.807, 2.05) is 54.6 Å². The van der Waals surface area contributed by atoms with Gasteiger partial charge in [-0.2, -0.15) is 5.10 Å². The van der Waals surface area contributed by atoms with E-state index in [4.69, 9.17) is 9.47 Å². The topological polar surface area (TPSA) is 59.9 Å². The molecule has 172 valence electrons. The molecule has 0 saturated carbocycles.